The van der Waals surface area contributed by atoms with Crippen LogP contribution in [0.4, 0.5) is 0 Å². The molecule has 2 heterocycles. The van der Waals surface area contributed by atoms with Crippen molar-refractivity contribution in [2.75, 3.05) is 39.3 Å². The molecule has 0 saturated carbocycles. The van der Waals surface area contributed by atoms with E-state index in [1.165, 1.54) is 74.8 Å². The van der Waals surface area contributed by atoms with Gasteiger partial charge in [-0.1, -0.05) is 91.7 Å². The molecule has 0 spiro atoms. The average Bonchev–Trinajstić information content (AvgIpc) is 3.26. The largest absolute Gasteiger partial charge is 0.490 e. The molecule has 3 aromatic carbocycles. The molecule has 3 aromatic rings. The van der Waals surface area contributed by atoms with Crippen LogP contribution < -0.4 is 4.74 Å². The quantitative estimate of drug-likeness (QED) is 0.248. The minimum absolute atomic E-state index is 0.316. The van der Waals surface area contributed by atoms with Crippen LogP contribution in [0.1, 0.15) is 74.0 Å². The number of para-hydroxylation sites is 1. The van der Waals surface area contributed by atoms with Crippen molar-refractivity contribution in [1.29, 1.82) is 0 Å². The van der Waals surface area contributed by atoms with E-state index in [1.807, 2.05) is 0 Å². The standard InChI is InChI=1S/C35H46N2O/c1-2-13-25-36(24-12-1)26-14-11-20-32-19-9-10-21-35(32)38-33-22-27-37(28-23-33)29-34(30-15-5-3-6-16-30)31-17-7-4-8-18-31/h3-10,15-19,21,33-34H,1-2,11-14,20,22-29H2. The number of likely N-dealkylation sites (tertiary alicyclic amines) is 2. The first-order valence-corrected chi connectivity index (χ1v) is 15.1. The molecule has 0 amide bonds. The minimum atomic E-state index is 0.316. The predicted molar refractivity (Wildman–Crippen MR) is 159 cm³/mol. The Hall–Kier alpha value is -2.62. The van der Waals surface area contributed by atoms with Gasteiger partial charge >= 0.3 is 0 Å². The third-order valence-corrected chi connectivity index (χ3v) is 8.51. The number of benzene rings is 3. The average molecular weight is 511 g/mol. The summed E-state index contributed by atoms with van der Waals surface area (Å²) in [7, 11) is 0. The molecular weight excluding hydrogens is 464 g/mol. The molecule has 2 fully saturated rings. The van der Waals surface area contributed by atoms with Gasteiger partial charge in [-0.05, 0) is 87.3 Å². The van der Waals surface area contributed by atoms with Gasteiger partial charge in [0.05, 0.1) is 0 Å². The lowest BCUT2D eigenvalue weighted by atomic mass is 9.90. The molecule has 0 aromatic heterocycles. The Morgan fingerprint density at radius 3 is 1.89 bits per heavy atom. The Labute approximate surface area is 230 Å². The van der Waals surface area contributed by atoms with Crippen LogP contribution in [0, 0.1) is 0 Å². The van der Waals surface area contributed by atoms with Crippen LogP contribution in [-0.2, 0) is 6.42 Å². The van der Waals surface area contributed by atoms with E-state index >= 15 is 0 Å². The summed E-state index contributed by atoms with van der Waals surface area (Å²) in [5.41, 5.74) is 4.20. The topological polar surface area (TPSA) is 15.7 Å². The molecule has 3 heteroatoms. The second-order valence-electron chi connectivity index (χ2n) is 11.3. The maximum atomic E-state index is 6.64. The molecule has 2 aliphatic rings. The van der Waals surface area contributed by atoms with Crippen LogP contribution >= 0.6 is 0 Å². The van der Waals surface area contributed by atoms with Crippen molar-refractivity contribution in [3.8, 4) is 5.75 Å². The molecule has 2 saturated heterocycles. The summed E-state index contributed by atoms with van der Waals surface area (Å²) in [5.74, 6) is 1.53. The molecule has 0 N–H and O–H groups in total. The molecule has 0 unspecified atom stereocenters. The van der Waals surface area contributed by atoms with Crippen LogP contribution in [0.3, 0.4) is 0 Å². The van der Waals surface area contributed by atoms with Crippen molar-refractivity contribution in [1.82, 2.24) is 9.80 Å². The van der Waals surface area contributed by atoms with Gasteiger partial charge in [-0.25, -0.2) is 0 Å². The van der Waals surface area contributed by atoms with Gasteiger partial charge in [0.15, 0.2) is 0 Å². The fraction of sp³-hybridized carbons (Fsp3) is 0.486. The van der Waals surface area contributed by atoms with E-state index in [0.717, 1.165) is 44.6 Å². The SMILES string of the molecule is c1ccc(C(CN2CCC(Oc3ccccc3CCCCN3CCCCCC3)CC2)c2ccccc2)cc1. The van der Waals surface area contributed by atoms with Crippen LogP contribution in [-0.4, -0.2) is 55.2 Å². The van der Waals surface area contributed by atoms with Crippen LogP contribution in [0.2, 0.25) is 0 Å². The van der Waals surface area contributed by atoms with Gasteiger partial charge in [0.1, 0.15) is 11.9 Å². The van der Waals surface area contributed by atoms with Gasteiger partial charge in [0, 0.05) is 25.6 Å². The zero-order valence-electron chi connectivity index (χ0n) is 23.1. The normalized spacial score (nSPS) is 17.9. The van der Waals surface area contributed by atoms with E-state index < -0.39 is 0 Å². The Balaban J connectivity index is 1.10. The smallest absolute Gasteiger partial charge is 0.122 e. The number of hydrogen-bond acceptors (Lipinski definition) is 3. The van der Waals surface area contributed by atoms with E-state index in [1.54, 1.807) is 0 Å². The molecule has 3 nitrogen and oxygen atoms in total. The molecular formula is C35H46N2O. The maximum absolute atomic E-state index is 6.64. The lowest BCUT2D eigenvalue weighted by Crippen LogP contribution is -2.40. The molecule has 2 aliphatic heterocycles. The highest BCUT2D eigenvalue weighted by atomic mass is 16.5. The Morgan fingerprint density at radius 2 is 1.24 bits per heavy atom. The van der Waals surface area contributed by atoms with Gasteiger partial charge in [-0.3, -0.25) is 0 Å². The van der Waals surface area contributed by atoms with Crippen molar-refractivity contribution in [3.63, 3.8) is 0 Å². The second-order valence-corrected chi connectivity index (χ2v) is 11.3. The number of hydrogen-bond donors (Lipinski definition) is 0. The summed E-state index contributed by atoms with van der Waals surface area (Å²) in [6.45, 7) is 7.12. The molecule has 0 bridgehead atoms. The summed E-state index contributed by atoms with van der Waals surface area (Å²) in [6, 6.07) is 30.8. The summed E-state index contributed by atoms with van der Waals surface area (Å²) < 4.78 is 6.64. The minimum Gasteiger partial charge on any atom is -0.490 e. The first-order chi connectivity index (χ1) is 18.8. The van der Waals surface area contributed by atoms with E-state index in [2.05, 4.69) is 94.7 Å². The van der Waals surface area contributed by atoms with Crippen LogP contribution in [0.15, 0.2) is 84.9 Å². The summed E-state index contributed by atoms with van der Waals surface area (Å²) in [5, 5.41) is 0. The highest BCUT2D eigenvalue weighted by Gasteiger charge is 2.25. The third-order valence-electron chi connectivity index (χ3n) is 8.51. The highest BCUT2D eigenvalue weighted by Crippen LogP contribution is 2.29. The van der Waals surface area contributed by atoms with E-state index in [0.29, 0.717) is 12.0 Å². The first kappa shape index (κ1) is 27.0. The van der Waals surface area contributed by atoms with Crippen LogP contribution in [0.5, 0.6) is 5.75 Å². The monoisotopic (exact) mass is 510 g/mol. The van der Waals surface area contributed by atoms with Gasteiger partial charge in [-0.2, -0.15) is 0 Å². The first-order valence-electron chi connectivity index (χ1n) is 15.1. The van der Waals surface area contributed by atoms with Crippen molar-refractivity contribution in [2.24, 2.45) is 0 Å². The summed E-state index contributed by atoms with van der Waals surface area (Å²) >= 11 is 0. The molecule has 0 aliphatic carbocycles. The lowest BCUT2D eigenvalue weighted by Gasteiger charge is -2.35. The number of nitrogens with zero attached hydrogens (tertiary/aromatic N) is 2. The summed E-state index contributed by atoms with van der Waals surface area (Å²) in [6.07, 6.45) is 11.8. The summed E-state index contributed by atoms with van der Waals surface area (Å²) in [4.78, 5) is 5.32. The van der Waals surface area contributed by atoms with Gasteiger partial charge in [0.25, 0.3) is 0 Å². The number of aryl methyl sites for hydroxylation is 1. The van der Waals surface area contributed by atoms with Gasteiger partial charge in [-0.15, -0.1) is 0 Å². The van der Waals surface area contributed by atoms with Crippen molar-refractivity contribution in [3.05, 3.63) is 102 Å². The number of unbranched alkanes of at least 4 members (excludes halogenated alkanes) is 1. The second kappa shape index (κ2) is 14.5. The van der Waals surface area contributed by atoms with Crippen molar-refractivity contribution < 1.29 is 4.74 Å². The molecule has 0 radical (unpaired) electrons. The Kier molecular flexibility index (Phi) is 10.3. The van der Waals surface area contributed by atoms with Crippen molar-refractivity contribution >= 4 is 0 Å². The van der Waals surface area contributed by atoms with Crippen molar-refractivity contribution in [2.45, 2.75) is 69.8 Å². The van der Waals surface area contributed by atoms with Crippen LogP contribution in [0.25, 0.3) is 0 Å². The van der Waals surface area contributed by atoms with Gasteiger partial charge < -0.3 is 14.5 Å². The lowest BCUT2D eigenvalue weighted by molar-refractivity contribution is 0.0980. The molecule has 202 valence electrons. The highest BCUT2D eigenvalue weighted by molar-refractivity contribution is 5.34. The molecule has 38 heavy (non-hydrogen) atoms. The number of ether oxygens (including phenoxy) is 1. The zero-order valence-corrected chi connectivity index (χ0v) is 23.1. The fourth-order valence-electron chi connectivity index (χ4n) is 6.26. The Bertz CT molecular complexity index is 1010. The van der Waals surface area contributed by atoms with E-state index in [4.69, 9.17) is 4.74 Å². The fourth-order valence-corrected chi connectivity index (χ4v) is 6.26. The Morgan fingerprint density at radius 1 is 0.632 bits per heavy atom. The maximum Gasteiger partial charge on any atom is 0.122 e. The van der Waals surface area contributed by atoms with E-state index in [9.17, 15) is 0 Å². The molecule has 0 atom stereocenters. The molecule has 5 rings (SSSR count). The number of piperidine rings is 1. The predicted octanol–water partition coefficient (Wildman–Crippen LogP) is 7.56. The van der Waals surface area contributed by atoms with Gasteiger partial charge in [0.2, 0.25) is 0 Å². The zero-order chi connectivity index (χ0) is 25.8. The third kappa shape index (κ3) is 7.94. The van der Waals surface area contributed by atoms with E-state index in [-0.39, 0.29) is 0 Å². The number of rotatable bonds is 11.